The summed E-state index contributed by atoms with van der Waals surface area (Å²) in [6, 6.07) is 0. The third-order valence-electron chi connectivity index (χ3n) is 8.99. The average molecular weight is 549 g/mol. The summed E-state index contributed by atoms with van der Waals surface area (Å²) in [7, 11) is 1.30. The number of esters is 3. The van der Waals surface area contributed by atoms with Crippen molar-refractivity contribution < 1.29 is 33.7 Å². The number of carbonyl (C=O) groups excluding carboxylic acids is 3. The second-order valence-electron chi connectivity index (χ2n) is 13.0. The Labute approximate surface area is 235 Å². The number of fused-ring (bicyclic) bond motifs is 1. The fraction of sp³-hybridized carbons (Fsp3) is 0.781. The van der Waals surface area contributed by atoms with Gasteiger partial charge in [0.1, 0.15) is 12.2 Å². The third kappa shape index (κ3) is 8.92. The second kappa shape index (κ2) is 14.0. The lowest BCUT2D eigenvalue weighted by Gasteiger charge is -2.44. The van der Waals surface area contributed by atoms with Gasteiger partial charge in [0.15, 0.2) is 0 Å². The van der Waals surface area contributed by atoms with Crippen LogP contribution in [0.25, 0.3) is 0 Å². The first-order chi connectivity index (χ1) is 18.1. The Morgan fingerprint density at radius 2 is 1.67 bits per heavy atom. The largest absolute Gasteiger partial charge is 0.469 e. The smallest absolute Gasteiger partial charge is 0.311 e. The zero-order valence-electron chi connectivity index (χ0n) is 25.6. The van der Waals surface area contributed by atoms with Gasteiger partial charge in [-0.3, -0.25) is 14.4 Å². The van der Waals surface area contributed by atoms with E-state index in [1.165, 1.54) is 12.7 Å². The van der Waals surface area contributed by atoms with Gasteiger partial charge in [0.05, 0.1) is 30.5 Å². The highest BCUT2D eigenvalue weighted by atomic mass is 16.6. The molecule has 0 bridgehead atoms. The van der Waals surface area contributed by atoms with Crippen molar-refractivity contribution in [1.82, 2.24) is 0 Å². The zero-order chi connectivity index (χ0) is 29.5. The highest BCUT2D eigenvalue weighted by molar-refractivity contribution is 5.77. The number of allylic oxidation sites excluding steroid dienone is 3. The molecule has 1 N–H and O–H groups in total. The maximum absolute atomic E-state index is 13.0. The van der Waals surface area contributed by atoms with Crippen molar-refractivity contribution in [2.24, 2.45) is 34.5 Å². The zero-order valence-corrected chi connectivity index (χ0v) is 25.6. The van der Waals surface area contributed by atoms with Crippen LogP contribution < -0.4 is 0 Å². The fourth-order valence-electron chi connectivity index (χ4n) is 5.37. The maximum Gasteiger partial charge on any atom is 0.311 e. The van der Waals surface area contributed by atoms with Crippen LogP contribution >= 0.6 is 0 Å². The van der Waals surface area contributed by atoms with Crippen LogP contribution in [0, 0.1) is 34.5 Å². The van der Waals surface area contributed by atoms with E-state index in [0.29, 0.717) is 31.6 Å². The third-order valence-corrected chi connectivity index (χ3v) is 8.99. The Morgan fingerprint density at radius 3 is 2.26 bits per heavy atom. The monoisotopic (exact) mass is 548 g/mol. The molecule has 2 aliphatic rings. The van der Waals surface area contributed by atoms with Gasteiger partial charge in [-0.25, -0.2) is 0 Å². The summed E-state index contributed by atoms with van der Waals surface area (Å²) in [5, 5.41) is 11.0. The van der Waals surface area contributed by atoms with Gasteiger partial charge in [-0.15, -0.1) is 0 Å². The van der Waals surface area contributed by atoms with Crippen molar-refractivity contribution in [3.63, 3.8) is 0 Å². The number of carbonyl (C=O) groups is 3. The minimum Gasteiger partial charge on any atom is -0.469 e. The molecule has 0 amide bonds. The quantitative estimate of drug-likeness (QED) is 0.217. The van der Waals surface area contributed by atoms with E-state index in [9.17, 15) is 19.5 Å². The molecule has 0 heterocycles. The topological polar surface area (TPSA) is 99.1 Å². The van der Waals surface area contributed by atoms with E-state index in [4.69, 9.17) is 14.2 Å². The minimum absolute atomic E-state index is 0.0686. The summed E-state index contributed by atoms with van der Waals surface area (Å²) in [4.78, 5) is 37.7. The Kier molecular flexibility index (Phi) is 11.8. The molecule has 39 heavy (non-hydrogen) atoms. The molecule has 0 saturated heterocycles. The number of rotatable bonds is 13. The highest BCUT2D eigenvalue weighted by Crippen LogP contribution is 2.45. The normalized spacial score (nSPS) is 26.6. The van der Waals surface area contributed by atoms with Crippen LogP contribution in [0.5, 0.6) is 0 Å². The van der Waals surface area contributed by atoms with Gasteiger partial charge in [0, 0.05) is 12.3 Å². The lowest BCUT2D eigenvalue weighted by atomic mass is 9.65. The Morgan fingerprint density at radius 1 is 1.05 bits per heavy atom. The molecule has 2 aliphatic carbocycles. The van der Waals surface area contributed by atoms with Crippen molar-refractivity contribution in [3.8, 4) is 0 Å². The fourth-order valence-corrected chi connectivity index (χ4v) is 5.37. The van der Waals surface area contributed by atoms with Gasteiger partial charge in [-0.2, -0.15) is 0 Å². The Bertz CT molecular complexity index is 915. The molecule has 0 radical (unpaired) electrons. The van der Waals surface area contributed by atoms with Crippen LogP contribution in [0.3, 0.4) is 0 Å². The number of methoxy groups -OCH3 is 1. The molecule has 0 aromatic heterocycles. The molecule has 0 aliphatic heterocycles. The van der Waals surface area contributed by atoms with Crippen LogP contribution in [-0.2, 0) is 28.6 Å². The van der Waals surface area contributed by atoms with E-state index in [-0.39, 0.29) is 48.6 Å². The van der Waals surface area contributed by atoms with Crippen molar-refractivity contribution in [3.05, 3.63) is 23.8 Å². The molecular weight excluding hydrogens is 496 g/mol. The summed E-state index contributed by atoms with van der Waals surface area (Å²) in [6.45, 7) is 15.7. The van der Waals surface area contributed by atoms with Gasteiger partial charge in [0.25, 0.3) is 0 Å². The van der Waals surface area contributed by atoms with Crippen LogP contribution in [0.15, 0.2) is 23.8 Å². The Balaban J connectivity index is 2.15. The first-order valence-corrected chi connectivity index (χ1v) is 14.7. The molecule has 0 aromatic rings. The van der Waals surface area contributed by atoms with E-state index in [2.05, 4.69) is 32.1 Å². The van der Waals surface area contributed by atoms with Crippen molar-refractivity contribution in [1.29, 1.82) is 0 Å². The van der Waals surface area contributed by atoms with E-state index in [0.717, 1.165) is 6.42 Å². The van der Waals surface area contributed by atoms with Gasteiger partial charge >= 0.3 is 17.9 Å². The number of aliphatic hydroxyl groups is 1. The molecule has 0 aromatic carbocycles. The van der Waals surface area contributed by atoms with Crippen molar-refractivity contribution >= 4 is 17.9 Å². The molecule has 0 spiro atoms. The van der Waals surface area contributed by atoms with Gasteiger partial charge in [0.2, 0.25) is 0 Å². The summed E-state index contributed by atoms with van der Waals surface area (Å²) >= 11 is 0. The molecule has 7 atom stereocenters. The molecule has 7 heteroatoms. The van der Waals surface area contributed by atoms with E-state index in [1.807, 2.05) is 27.7 Å². The van der Waals surface area contributed by atoms with Crippen molar-refractivity contribution in [2.45, 2.75) is 119 Å². The first kappa shape index (κ1) is 33.1. The summed E-state index contributed by atoms with van der Waals surface area (Å²) in [5.74, 6) is -0.210. The number of ether oxygens (including phenoxy) is 3. The van der Waals surface area contributed by atoms with Gasteiger partial charge < -0.3 is 19.3 Å². The summed E-state index contributed by atoms with van der Waals surface area (Å²) < 4.78 is 16.7. The van der Waals surface area contributed by atoms with Crippen LogP contribution in [-0.4, -0.2) is 48.4 Å². The molecule has 222 valence electrons. The number of hydrogen-bond donors (Lipinski definition) is 1. The van der Waals surface area contributed by atoms with Crippen LogP contribution in [0.4, 0.5) is 0 Å². The SMILES string of the molecule is CCC(C)(C)C(=O)O[C@@H](CC(=O)OC)C[C@H](O)CC[C@@H]1C2C(=C[C@H](C)C[C@@H]2OC(=O)C(C)(C)CC)C=C[C@@H]1C. The van der Waals surface area contributed by atoms with Crippen molar-refractivity contribution in [2.75, 3.05) is 7.11 Å². The van der Waals surface area contributed by atoms with Crippen LogP contribution in [0.1, 0.15) is 100 Å². The maximum atomic E-state index is 13.0. The molecule has 0 saturated carbocycles. The predicted octanol–water partition coefficient (Wildman–Crippen LogP) is 6.18. The molecule has 1 unspecified atom stereocenters. The standard InChI is InChI=1S/C32H52O7/c1-10-31(5,6)29(35)38-24(19-27(34)37-9)18-23(33)14-15-25-21(4)12-13-22-16-20(3)17-26(28(22)25)39-30(36)32(7,8)11-2/h12-13,16,20-21,23-26,28,33H,10-11,14-15,17-19H2,1-9H3/t20-,21-,23+,24+,25-,26-,28?/m0/s1. The van der Waals surface area contributed by atoms with Gasteiger partial charge in [-0.1, -0.05) is 45.9 Å². The average Bonchev–Trinajstić information content (AvgIpc) is 2.87. The summed E-state index contributed by atoms with van der Waals surface area (Å²) in [6.07, 6.45) is 8.29. The van der Waals surface area contributed by atoms with Crippen LogP contribution in [0.2, 0.25) is 0 Å². The van der Waals surface area contributed by atoms with E-state index in [1.54, 1.807) is 13.8 Å². The lowest BCUT2D eigenvalue weighted by molar-refractivity contribution is -0.166. The molecule has 0 fully saturated rings. The van der Waals surface area contributed by atoms with E-state index >= 15 is 0 Å². The first-order valence-electron chi connectivity index (χ1n) is 14.7. The summed E-state index contributed by atoms with van der Waals surface area (Å²) in [5.41, 5.74) is -0.00841. The lowest BCUT2D eigenvalue weighted by Crippen LogP contribution is -2.43. The molecular formula is C32H52O7. The Hall–Kier alpha value is -2.15. The number of aliphatic hydroxyl groups excluding tert-OH is 1. The predicted molar refractivity (Wildman–Crippen MR) is 152 cm³/mol. The second-order valence-corrected chi connectivity index (χ2v) is 13.0. The highest BCUT2D eigenvalue weighted by Gasteiger charge is 2.43. The minimum atomic E-state index is -0.759. The number of hydrogen-bond acceptors (Lipinski definition) is 7. The molecule has 2 rings (SSSR count). The van der Waals surface area contributed by atoms with E-state index < -0.39 is 29.0 Å². The van der Waals surface area contributed by atoms with Gasteiger partial charge in [-0.05, 0) is 83.1 Å². The molecule has 7 nitrogen and oxygen atoms in total.